The van der Waals surface area contributed by atoms with Crippen LogP contribution >= 0.6 is 12.4 Å². The summed E-state index contributed by atoms with van der Waals surface area (Å²) in [6.07, 6.45) is 3.69. The van der Waals surface area contributed by atoms with Gasteiger partial charge in [-0.25, -0.2) is 0 Å². The van der Waals surface area contributed by atoms with E-state index in [9.17, 15) is 9.59 Å². The Hall–Kier alpha value is -0.810. The number of hydrogen-bond acceptors (Lipinski definition) is 3. The Bertz CT molecular complexity index is 292. The zero-order valence-corrected chi connectivity index (χ0v) is 12.7. The first-order valence-electron chi connectivity index (χ1n) is 6.78. The molecule has 1 rings (SSSR count). The Labute approximate surface area is 121 Å². The van der Waals surface area contributed by atoms with E-state index < -0.39 is 5.91 Å². The zero-order chi connectivity index (χ0) is 13.5. The van der Waals surface area contributed by atoms with Crippen molar-refractivity contribution in [2.45, 2.75) is 45.6 Å². The third-order valence-electron chi connectivity index (χ3n) is 3.15. The van der Waals surface area contributed by atoms with Gasteiger partial charge in [0.2, 0.25) is 11.8 Å². The molecule has 1 fully saturated rings. The Morgan fingerprint density at radius 3 is 2.58 bits per heavy atom. The van der Waals surface area contributed by atoms with Gasteiger partial charge in [-0.2, -0.15) is 0 Å². The van der Waals surface area contributed by atoms with E-state index in [0.29, 0.717) is 24.9 Å². The summed E-state index contributed by atoms with van der Waals surface area (Å²) in [5.74, 6) is -0.0582. The zero-order valence-electron chi connectivity index (χ0n) is 11.9. The molecule has 0 aromatic carbocycles. The number of carbonyl (C=O) groups excluding carboxylic acids is 2. The molecule has 5 nitrogen and oxygen atoms in total. The van der Waals surface area contributed by atoms with E-state index >= 15 is 0 Å². The monoisotopic (exact) mass is 291 g/mol. The first-order valence-corrected chi connectivity index (χ1v) is 6.78. The minimum atomic E-state index is -0.442. The molecule has 0 radical (unpaired) electrons. The van der Waals surface area contributed by atoms with Crippen LogP contribution in [0.4, 0.5) is 0 Å². The van der Waals surface area contributed by atoms with Crippen LogP contribution in [0, 0.1) is 5.92 Å². The van der Waals surface area contributed by atoms with Gasteiger partial charge in [0.25, 0.3) is 0 Å². The molecule has 1 heterocycles. The summed E-state index contributed by atoms with van der Waals surface area (Å²) in [5, 5.41) is 3.37. The summed E-state index contributed by atoms with van der Waals surface area (Å²) in [6, 6.07) is 0.462. The van der Waals surface area contributed by atoms with Gasteiger partial charge < -0.3 is 16.0 Å². The highest BCUT2D eigenvalue weighted by atomic mass is 35.5. The van der Waals surface area contributed by atoms with E-state index in [4.69, 9.17) is 5.73 Å². The maximum Gasteiger partial charge on any atom is 0.237 e. The van der Waals surface area contributed by atoms with Crippen molar-refractivity contribution < 1.29 is 9.59 Å². The van der Waals surface area contributed by atoms with E-state index in [1.807, 2.05) is 13.8 Å². The number of primary amides is 1. The molecule has 0 aromatic rings. The summed E-state index contributed by atoms with van der Waals surface area (Å²) in [7, 11) is 0. The molecule has 2 amide bonds. The van der Waals surface area contributed by atoms with E-state index in [2.05, 4.69) is 5.32 Å². The summed E-state index contributed by atoms with van der Waals surface area (Å²) >= 11 is 0. The van der Waals surface area contributed by atoms with Gasteiger partial charge >= 0.3 is 0 Å². The summed E-state index contributed by atoms with van der Waals surface area (Å²) in [5.41, 5.74) is 5.18. The largest absolute Gasteiger partial charge is 0.368 e. The average Bonchev–Trinajstić information content (AvgIpc) is 2.76. The van der Waals surface area contributed by atoms with Gasteiger partial charge in [-0.3, -0.25) is 9.59 Å². The first kappa shape index (κ1) is 18.2. The van der Waals surface area contributed by atoms with Crippen LogP contribution in [0.3, 0.4) is 0 Å². The minimum Gasteiger partial charge on any atom is -0.368 e. The lowest BCUT2D eigenvalue weighted by atomic mass is 10.1. The average molecular weight is 292 g/mol. The highest BCUT2D eigenvalue weighted by molar-refractivity contribution is 5.85. The summed E-state index contributed by atoms with van der Waals surface area (Å²) in [4.78, 5) is 24.6. The molecule has 1 saturated heterocycles. The highest BCUT2D eigenvalue weighted by Gasteiger charge is 2.20. The van der Waals surface area contributed by atoms with Crippen molar-refractivity contribution in [2.75, 3.05) is 19.6 Å². The molecule has 1 atom stereocenters. The lowest BCUT2D eigenvalue weighted by Gasteiger charge is -2.23. The van der Waals surface area contributed by atoms with Crippen LogP contribution in [0.5, 0.6) is 0 Å². The smallest absolute Gasteiger partial charge is 0.237 e. The molecule has 1 aliphatic heterocycles. The number of nitrogens with one attached hydrogen (secondary N) is 1. The molecule has 3 N–H and O–H groups in total. The van der Waals surface area contributed by atoms with Crippen LogP contribution in [0.1, 0.15) is 39.5 Å². The quantitative estimate of drug-likeness (QED) is 0.732. The van der Waals surface area contributed by atoms with Gasteiger partial charge in [-0.15, -0.1) is 12.4 Å². The molecule has 0 saturated carbocycles. The van der Waals surface area contributed by atoms with Crippen molar-refractivity contribution in [1.29, 1.82) is 0 Å². The van der Waals surface area contributed by atoms with Crippen molar-refractivity contribution >= 4 is 24.2 Å². The predicted octanol–water partition coefficient (Wildman–Crippen LogP) is 0.910. The fraction of sp³-hybridized carbons (Fsp3) is 0.846. The third-order valence-corrected chi connectivity index (χ3v) is 3.15. The molecule has 1 aliphatic rings. The van der Waals surface area contributed by atoms with Gasteiger partial charge in [0, 0.05) is 19.0 Å². The van der Waals surface area contributed by atoms with E-state index in [-0.39, 0.29) is 24.9 Å². The van der Waals surface area contributed by atoms with E-state index in [1.54, 1.807) is 4.90 Å². The molecule has 6 heteroatoms. The molecule has 0 aromatic heterocycles. The van der Waals surface area contributed by atoms with Crippen molar-refractivity contribution in [3.05, 3.63) is 0 Å². The molecule has 112 valence electrons. The molecule has 19 heavy (non-hydrogen) atoms. The summed E-state index contributed by atoms with van der Waals surface area (Å²) in [6.45, 7) is 5.74. The molecule has 0 aliphatic carbocycles. The van der Waals surface area contributed by atoms with Crippen LogP contribution in [0.25, 0.3) is 0 Å². The third kappa shape index (κ3) is 7.38. The Balaban J connectivity index is 0.00000324. The Morgan fingerprint density at radius 1 is 1.42 bits per heavy atom. The van der Waals surface area contributed by atoms with Gasteiger partial charge in [0.1, 0.15) is 0 Å². The van der Waals surface area contributed by atoms with Crippen LogP contribution < -0.4 is 11.1 Å². The fourth-order valence-electron chi connectivity index (χ4n) is 2.34. The minimum absolute atomic E-state index is 0. The predicted molar refractivity (Wildman–Crippen MR) is 78.1 cm³/mol. The number of nitrogens with two attached hydrogens (primary N) is 1. The molecule has 0 spiro atoms. The number of amides is 2. The second kappa shape index (κ2) is 9.15. The van der Waals surface area contributed by atoms with Crippen LogP contribution in [0.15, 0.2) is 0 Å². The van der Waals surface area contributed by atoms with Crippen LogP contribution in [-0.4, -0.2) is 42.4 Å². The number of nitrogens with zero attached hydrogens (tertiary/aromatic N) is 1. The number of hydrogen-bond donors (Lipinski definition) is 2. The lowest BCUT2D eigenvalue weighted by Crippen LogP contribution is -2.41. The summed E-state index contributed by atoms with van der Waals surface area (Å²) < 4.78 is 0. The Kier molecular flexibility index (Phi) is 8.76. The Morgan fingerprint density at radius 2 is 2.11 bits per heavy atom. The second-order valence-corrected chi connectivity index (χ2v) is 5.47. The van der Waals surface area contributed by atoms with Gasteiger partial charge in [-0.05, 0) is 31.7 Å². The lowest BCUT2D eigenvalue weighted by molar-refractivity contribution is -0.135. The number of rotatable bonds is 7. The SMILES string of the molecule is CC(C)CN(CC(N)=O)C(=O)CCC1CCCN1.Cl. The fourth-order valence-corrected chi connectivity index (χ4v) is 2.34. The maximum absolute atomic E-state index is 12.1. The molecule has 0 bridgehead atoms. The first-order chi connectivity index (χ1) is 8.49. The molecular weight excluding hydrogens is 266 g/mol. The number of halogens is 1. The van der Waals surface area contributed by atoms with Crippen LogP contribution in [-0.2, 0) is 9.59 Å². The van der Waals surface area contributed by atoms with Gasteiger partial charge in [0.05, 0.1) is 6.54 Å². The van der Waals surface area contributed by atoms with E-state index in [0.717, 1.165) is 19.4 Å². The highest BCUT2D eigenvalue weighted by Crippen LogP contribution is 2.12. The van der Waals surface area contributed by atoms with Crippen LogP contribution in [0.2, 0.25) is 0 Å². The topological polar surface area (TPSA) is 75.4 Å². The van der Waals surface area contributed by atoms with Crippen molar-refractivity contribution in [2.24, 2.45) is 11.7 Å². The molecule has 1 unspecified atom stereocenters. The van der Waals surface area contributed by atoms with Crippen molar-refractivity contribution in [3.63, 3.8) is 0 Å². The molecular formula is C13H26ClN3O2. The van der Waals surface area contributed by atoms with Gasteiger partial charge in [0.15, 0.2) is 0 Å². The van der Waals surface area contributed by atoms with Crippen molar-refractivity contribution in [3.8, 4) is 0 Å². The van der Waals surface area contributed by atoms with Crippen molar-refractivity contribution in [1.82, 2.24) is 10.2 Å². The standard InChI is InChI=1S/C13H25N3O2.ClH/c1-10(2)8-16(9-12(14)17)13(18)6-5-11-4-3-7-15-11;/h10-11,15H,3-9H2,1-2H3,(H2,14,17);1H. The number of carbonyl (C=O) groups is 2. The normalized spacial score (nSPS) is 18.2. The van der Waals surface area contributed by atoms with E-state index in [1.165, 1.54) is 6.42 Å². The van der Waals surface area contributed by atoms with Gasteiger partial charge in [-0.1, -0.05) is 13.8 Å². The second-order valence-electron chi connectivity index (χ2n) is 5.47. The maximum atomic E-state index is 12.1.